The largest absolute Gasteiger partial charge is 0.356 e. The number of aromatic nitrogens is 3. The Balaban J connectivity index is 2.83. The smallest absolute Gasteiger partial charge is 0.336 e. The highest BCUT2D eigenvalue weighted by atomic mass is 16.2. The Labute approximate surface area is 225 Å². The Bertz CT molecular complexity index is 989. The molecule has 38 heavy (non-hydrogen) atoms. The van der Waals surface area contributed by atoms with E-state index in [1.54, 1.807) is 6.92 Å². The summed E-state index contributed by atoms with van der Waals surface area (Å²) in [6, 6.07) is 0. The molecule has 2 amide bonds. The van der Waals surface area contributed by atoms with E-state index in [0.29, 0.717) is 38.8 Å². The number of Topliss-reactive ketones (excluding diaryl/α,β-unsaturated/α-hetero) is 1. The van der Waals surface area contributed by atoms with Crippen LogP contribution in [0.15, 0.2) is 14.4 Å². The van der Waals surface area contributed by atoms with Crippen LogP contribution in [0.5, 0.6) is 0 Å². The molecule has 1 aromatic heterocycles. The summed E-state index contributed by atoms with van der Waals surface area (Å²) in [5, 5.41) is 5.50. The summed E-state index contributed by atoms with van der Waals surface area (Å²) in [5.41, 5.74) is -1.68. The van der Waals surface area contributed by atoms with Crippen molar-refractivity contribution in [3.8, 4) is 0 Å². The van der Waals surface area contributed by atoms with Gasteiger partial charge in [0.25, 0.3) is 0 Å². The molecule has 0 aliphatic heterocycles. The van der Waals surface area contributed by atoms with Gasteiger partial charge in [-0.1, -0.05) is 38.5 Å². The Hall–Kier alpha value is -2.98. The number of rotatable bonds is 21. The highest BCUT2D eigenvalue weighted by Gasteiger charge is 2.15. The maximum absolute atomic E-state index is 13.1. The minimum absolute atomic E-state index is 0.0639. The molecule has 0 radical (unpaired) electrons. The van der Waals surface area contributed by atoms with E-state index < -0.39 is 17.1 Å². The minimum atomic E-state index is -0.562. The predicted octanol–water partition coefficient (Wildman–Crippen LogP) is 2.10. The molecule has 216 valence electrons. The molecular formula is C27H47N5O6. The summed E-state index contributed by atoms with van der Waals surface area (Å²) < 4.78 is 3.55. The third kappa shape index (κ3) is 13.5. The summed E-state index contributed by atoms with van der Waals surface area (Å²) >= 11 is 0. The van der Waals surface area contributed by atoms with Crippen LogP contribution in [0.4, 0.5) is 0 Å². The van der Waals surface area contributed by atoms with Crippen LogP contribution < -0.4 is 27.7 Å². The lowest BCUT2D eigenvalue weighted by atomic mass is 10.1. The summed E-state index contributed by atoms with van der Waals surface area (Å²) in [6.07, 6.45) is 9.81. The summed E-state index contributed by atoms with van der Waals surface area (Å²) in [6.45, 7) is 6.45. The van der Waals surface area contributed by atoms with Gasteiger partial charge in [0.15, 0.2) is 0 Å². The first-order valence-electron chi connectivity index (χ1n) is 14.1. The molecule has 0 atom stereocenters. The number of nitrogens with one attached hydrogen (secondary N) is 2. The molecule has 0 unspecified atom stereocenters. The lowest BCUT2D eigenvalue weighted by Crippen LogP contribution is -2.54. The van der Waals surface area contributed by atoms with E-state index in [4.69, 9.17) is 0 Å². The van der Waals surface area contributed by atoms with E-state index in [9.17, 15) is 28.8 Å². The second-order valence-corrected chi connectivity index (χ2v) is 9.96. The molecule has 0 aliphatic carbocycles. The van der Waals surface area contributed by atoms with Gasteiger partial charge in [0.05, 0.1) is 0 Å². The number of unbranched alkanes of at least 4 members (excludes halogenated alkanes) is 9. The molecule has 11 heteroatoms. The standard InChI is InChI=1S/C27H47N5O6/c1-22(33)16-10-4-7-13-19-30-25(36)31(20-14-8-5-11-17-28-23(2)34)27(38)32(26(30)37)21-15-9-6-12-18-29-24(3)35/h4-21H2,1-3H3,(H,28,34)(H,29,35). The maximum Gasteiger partial charge on any atom is 0.336 e. The highest BCUT2D eigenvalue weighted by molar-refractivity contribution is 5.75. The zero-order valence-corrected chi connectivity index (χ0v) is 23.5. The number of hydrogen-bond acceptors (Lipinski definition) is 6. The lowest BCUT2D eigenvalue weighted by molar-refractivity contribution is -0.119. The number of amides is 2. The number of carbonyl (C=O) groups is 3. The number of nitrogens with zero attached hydrogens (tertiary/aromatic N) is 3. The van der Waals surface area contributed by atoms with Crippen LogP contribution in [0.2, 0.25) is 0 Å². The number of ketones is 1. The predicted molar refractivity (Wildman–Crippen MR) is 147 cm³/mol. The van der Waals surface area contributed by atoms with Crippen LogP contribution in [-0.4, -0.2) is 44.4 Å². The Morgan fingerprint density at radius 3 is 1.13 bits per heavy atom. The van der Waals surface area contributed by atoms with Gasteiger partial charge >= 0.3 is 17.1 Å². The maximum atomic E-state index is 13.1. The first kappa shape index (κ1) is 33.0. The topological polar surface area (TPSA) is 141 Å². The van der Waals surface area contributed by atoms with Crippen molar-refractivity contribution < 1.29 is 14.4 Å². The molecule has 0 aliphatic rings. The number of carbonyl (C=O) groups excluding carboxylic acids is 3. The van der Waals surface area contributed by atoms with Gasteiger partial charge in [0.2, 0.25) is 11.8 Å². The quantitative estimate of drug-likeness (QED) is 0.230. The lowest BCUT2D eigenvalue weighted by Gasteiger charge is -2.14. The molecule has 0 fully saturated rings. The number of hydrogen-bond donors (Lipinski definition) is 2. The third-order valence-electron chi connectivity index (χ3n) is 6.41. The van der Waals surface area contributed by atoms with Gasteiger partial charge in [-0.25, -0.2) is 28.1 Å². The van der Waals surface area contributed by atoms with Crippen molar-refractivity contribution >= 4 is 17.6 Å². The van der Waals surface area contributed by atoms with Gasteiger partial charge in [-0.15, -0.1) is 0 Å². The van der Waals surface area contributed by atoms with Crippen molar-refractivity contribution in [3.05, 3.63) is 31.5 Å². The van der Waals surface area contributed by atoms with Gasteiger partial charge < -0.3 is 15.4 Å². The Kier molecular flexibility index (Phi) is 16.6. The van der Waals surface area contributed by atoms with E-state index >= 15 is 0 Å². The van der Waals surface area contributed by atoms with Crippen molar-refractivity contribution in [2.75, 3.05) is 13.1 Å². The summed E-state index contributed by atoms with van der Waals surface area (Å²) in [7, 11) is 0. The molecule has 0 saturated heterocycles. The summed E-state index contributed by atoms with van der Waals surface area (Å²) in [5.74, 6) is 0.0262. The third-order valence-corrected chi connectivity index (χ3v) is 6.41. The zero-order valence-electron chi connectivity index (χ0n) is 23.5. The molecule has 0 saturated carbocycles. The molecular weight excluding hydrogens is 490 g/mol. The van der Waals surface area contributed by atoms with E-state index in [1.807, 2.05) is 0 Å². The molecule has 0 bridgehead atoms. The molecule has 1 rings (SSSR count). The van der Waals surface area contributed by atoms with Gasteiger partial charge in [0, 0.05) is 53.0 Å². The monoisotopic (exact) mass is 537 g/mol. The first-order chi connectivity index (χ1) is 18.1. The van der Waals surface area contributed by atoms with Crippen molar-refractivity contribution in [1.82, 2.24) is 24.3 Å². The van der Waals surface area contributed by atoms with Crippen LogP contribution in [0.1, 0.15) is 104 Å². The van der Waals surface area contributed by atoms with E-state index in [2.05, 4.69) is 10.6 Å². The van der Waals surface area contributed by atoms with Crippen LogP contribution in [0.3, 0.4) is 0 Å². The second kappa shape index (κ2) is 19.1. The van der Waals surface area contributed by atoms with Crippen LogP contribution in [0, 0.1) is 0 Å². The van der Waals surface area contributed by atoms with Gasteiger partial charge in [0.1, 0.15) is 5.78 Å². The van der Waals surface area contributed by atoms with Gasteiger partial charge in [-0.05, 0) is 45.4 Å². The summed E-state index contributed by atoms with van der Waals surface area (Å²) in [4.78, 5) is 72.3. The molecule has 1 aromatic rings. The van der Waals surface area contributed by atoms with Crippen molar-refractivity contribution in [2.24, 2.45) is 0 Å². The molecule has 11 nitrogen and oxygen atoms in total. The van der Waals surface area contributed by atoms with Gasteiger partial charge in [-0.2, -0.15) is 0 Å². The Morgan fingerprint density at radius 1 is 0.500 bits per heavy atom. The van der Waals surface area contributed by atoms with Gasteiger partial charge in [-0.3, -0.25) is 9.59 Å². The molecule has 2 N–H and O–H groups in total. The van der Waals surface area contributed by atoms with Crippen molar-refractivity contribution in [3.63, 3.8) is 0 Å². The van der Waals surface area contributed by atoms with Crippen LogP contribution in [0.25, 0.3) is 0 Å². The van der Waals surface area contributed by atoms with Crippen LogP contribution >= 0.6 is 0 Å². The van der Waals surface area contributed by atoms with Crippen molar-refractivity contribution in [2.45, 2.75) is 124 Å². The average molecular weight is 538 g/mol. The molecule has 0 aromatic carbocycles. The van der Waals surface area contributed by atoms with E-state index in [1.165, 1.54) is 27.5 Å². The fourth-order valence-electron chi connectivity index (χ4n) is 4.28. The molecule has 0 spiro atoms. The fourth-order valence-corrected chi connectivity index (χ4v) is 4.28. The zero-order chi connectivity index (χ0) is 28.3. The Morgan fingerprint density at radius 2 is 0.816 bits per heavy atom. The molecule has 1 heterocycles. The average Bonchev–Trinajstić information content (AvgIpc) is 2.84. The van der Waals surface area contributed by atoms with E-state index in [-0.39, 0.29) is 37.2 Å². The van der Waals surface area contributed by atoms with E-state index in [0.717, 1.165) is 57.8 Å². The normalized spacial score (nSPS) is 10.9. The van der Waals surface area contributed by atoms with Crippen molar-refractivity contribution in [1.29, 1.82) is 0 Å². The fraction of sp³-hybridized carbons (Fsp3) is 0.778. The van der Waals surface area contributed by atoms with Crippen LogP contribution in [-0.2, 0) is 34.0 Å². The highest BCUT2D eigenvalue weighted by Crippen LogP contribution is 2.05. The SMILES string of the molecule is CC(=O)CCCCCCn1c(=O)n(CCCCCCNC(C)=O)c(=O)n(CCCCCCNC(C)=O)c1=O. The second-order valence-electron chi connectivity index (χ2n) is 9.96. The minimum Gasteiger partial charge on any atom is -0.356 e. The first-order valence-corrected chi connectivity index (χ1v) is 14.1.